The van der Waals surface area contributed by atoms with Crippen LogP contribution in [0, 0.1) is 0 Å². The maximum absolute atomic E-state index is 15.0. The van der Waals surface area contributed by atoms with E-state index >= 15 is 4.39 Å². The molecule has 1 fully saturated rings. The Balaban J connectivity index is 1.58. The molecule has 1 unspecified atom stereocenters. The van der Waals surface area contributed by atoms with Gasteiger partial charge in [0, 0.05) is 5.56 Å². The smallest absolute Gasteiger partial charge is 0.256 e. The minimum absolute atomic E-state index is 0.000873. The molecule has 1 aliphatic rings. The number of amides is 1. The minimum Gasteiger partial charge on any atom is -0.344 e. The van der Waals surface area contributed by atoms with Gasteiger partial charge in [-0.05, 0) is 25.5 Å². The summed E-state index contributed by atoms with van der Waals surface area (Å²) in [5.41, 5.74) is 1.09. The minimum atomic E-state index is -2.44. The van der Waals surface area contributed by atoms with E-state index in [-0.39, 0.29) is 18.1 Å². The zero-order valence-electron chi connectivity index (χ0n) is 16.7. The lowest BCUT2D eigenvalue weighted by molar-refractivity contribution is -0.138. The average molecular weight is 559 g/mol. The molecule has 4 atom stereocenters. The Bertz CT molecular complexity index is 1140. The van der Waals surface area contributed by atoms with Crippen molar-refractivity contribution in [2.45, 2.75) is 22.6 Å². The van der Waals surface area contributed by atoms with E-state index in [0.717, 1.165) is 0 Å². The summed E-state index contributed by atoms with van der Waals surface area (Å²) in [7, 11) is -2.44. The number of fused-ring (bicyclic) bond motifs is 1. The van der Waals surface area contributed by atoms with Crippen molar-refractivity contribution in [3.63, 3.8) is 0 Å². The molecule has 2 aromatic heterocycles. The number of anilines is 1. The standard InChI is InChI=1S/C19H20FIN5O4P/c1-31(2,28)10-29-19-13(21)12(20)18(30-19)26-9-24-14-15(22-8-23-16(14)26)25-17(27)11-6-4-3-5-7-11/h3-9,12-13,18-19H,10H2,1-2H3,(H,22,23,25,27)/t12-,13-,18+,19?/m0/s1. The molecule has 0 radical (unpaired) electrons. The van der Waals surface area contributed by atoms with Crippen LogP contribution >= 0.6 is 29.7 Å². The molecule has 0 saturated carbocycles. The summed E-state index contributed by atoms with van der Waals surface area (Å²) in [5.74, 6) is -0.136. The van der Waals surface area contributed by atoms with Gasteiger partial charge in [-0.15, -0.1) is 0 Å². The van der Waals surface area contributed by atoms with Gasteiger partial charge in [-0.2, -0.15) is 0 Å². The largest absolute Gasteiger partial charge is 0.344 e. The van der Waals surface area contributed by atoms with Crippen LogP contribution in [0.2, 0.25) is 0 Å². The summed E-state index contributed by atoms with van der Waals surface area (Å²) < 4.78 is 39.1. The van der Waals surface area contributed by atoms with E-state index in [1.54, 1.807) is 37.6 Å². The summed E-state index contributed by atoms with van der Waals surface area (Å²) in [6, 6.07) is 8.68. The monoisotopic (exact) mass is 559 g/mol. The molecule has 3 aromatic rings. The Morgan fingerprint density at radius 1 is 1.29 bits per heavy atom. The summed E-state index contributed by atoms with van der Waals surface area (Å²) in [6.07, 6.45) is -0.635. The number of hydrogen-bond acceptors (Lipinski definition) is 7. The lowest BCUT2D eigenvalue weighted by atomic mass is 10.2. The highest BCUT2D eigenvalue weighted by Gasteiger charge is 2.46. The first kappa shape index (κ1) is 22.3. The van der Waals surface area contributed by atoms with Crippen LogP contribution in [0.15, 0.2) is 43.0 Å². The van der Waals surface area contributed by atoms with Gasteiger partial charge >= 0.3 is 0 Å². The van der Waals surface area contributed by atoms with E-state index in [1.165, 1.54) is 17.2 Å². The lowest BCUT2D eigenvalue weighted by Crippen LogP contribution is -2.24. The van der Waals surface area contributed by atoms with Crippen LogP contribution in [0.25, 0.3) is 11.2 Å². The van der Waals surface area contributed by atoms with E-state index in [4.69, 9.17) is 9.47 Å². The van der Waals surface area contributed by atoms with Crippen molar-refractivity contribution in [2.24, 2.45) is 0 Å². The molecule has 0 aliphatic carbocycles. The molecule has 3 heterocycles. The summed E-state index contributed by atoms with van der Waals surface area (Å²) in [5, 5.41) is 2.71. The van der Waals surface area contributed by atoms with Crippen molar-refractivity contribution in [2.75, 3.05) is 25.0 Å². The fourth-order valence-corrected chi connectivity index (χ4v) is 4.34. The Hall–Kier alpha value is -1.95. The fraction of sp³-hybridized carbons (Fsp3) is 0.368. The number of hydrogen-bond donors (Lipinski definition) is 1. The van der Waals surface area contributed by atoms with Gasteiger partial charge in [-0.25, -0.2) is 19.3 Å². The number of rotatable bonds is 6. The van der Waals surface area contributed by atoms with Crippen molar-refractivity contribution in [3.05, 3.63) is 48.5 Å². The molecule has 1 aromatic carbocycles. The lowest BCUT2D eigenvalue weighted by Gasteiger charge is -2.17. The molecule has 0 bridgehead atoms. The number of benzene rings is 1. The van der Waals surface area contributed by atoms with Crippen LogP contribution in [0.1, 0.15) is 16.6 Å². The van der Waals surface area contributed by atoms with E-state index in [0.29, 0.717) is 16.7 Å². The second-order valence-corrected chi connectivity index (χ2v) is 12.4. The van der Waals surface area contributed by atoms with Crippen molar-refractivity contribution < 1.29 is 23.2 Å². The molecule has 164 valence electrons. The van der Waals surface area contributed by atoms with Crippen LogP contribution in [-0.4, -0.2) is 61.5 Å². The number of alkyl halides is 2. The third-order valence-electron chi connectivity index (χ3n) is 4.56. The first-order valence-corrected chi connectivity index (χ1v) is 13.4. The van der Waals surface area contributed by atoms with Gasteiger partial charge in [-0.3, -0.25) is 9.36 Å². The second kappa shape index (κ2) is 8.89. The second-order valence-electron chi connectivity index (χ2n) is 7.52. The van der Waals surface area contributed by atoms with E-state index in [2.05, 4.69) is 20.3 Å². The van der Waals surface area contributed by atoms with E-state index in [1.807, 2.05) is 28.7 Å². The van der Waals surface area contributed by atoms with Gasteiger partial charge in [0.1, 0.15) is 19.8 Å². The molecule has 9 nitrogen and oxygen atoms in total. The molecular formula is C19H20FIN5O4P. The molecule has 4 rings (SSSR count). The van der Waals surface area contributed by atoms with Crippen molar-refractivity contribution >= 4 is 52.6 Å². The number of nitrogens with one attached hydrogen (secondary N) is 1. The Kier molecular flexibility index (Phi) is 6.38. The van der Waals surface area contributed by atoms with Gasteiger partial charge in [0.25, 0.3) is 5.91 Å². The number of halogens is 2. The van der Waals surface area contributed by atoms with Crippen LogP contribution in [0.5, 0.6) is 0 Å². The maximum Gasteiger partial charge on any atom is 0.256 e. The van der Waals surface area contributed by atoms with Crippen LogP contribution in [0.4, 0.5) is 10.2 Å². The Morgan fingerprint density at radius 2 is 2.03 bits per heavy atom. The van der Waals surface area contributed by atoms with Gasteiger partial charge in [-0.1, -0.05) is 40.8 Å². The highest BCUT2D eigenvalue weighted by Crippen LogP contribution is 2.42. The topological polar surface area (TPSA) is 108 Å². The predicted octanol–water partition coefficient (Wildman–Crippen LogP) is 3.67. The Morgan fingerprint density at radius 3 is 2.74 bits per heavy atom. The van der Waals surface area contributed by atoms with Crippen molar-refractivity contribution in [3.8, 4) is 0 Å². The van der Waals surface area contributed by atoms with Crippen molar-refractivity contribution in [1.82, 2.24) is 19.5 Å². The normalized spacial score (nSPS) is 23.9. The molecule has 0 spiro atoms. The first-order valence-electron chi connectivity index (χ1n) is 9.38. The van der Waals surface area contributed by atoms with Gasteiger partial charge < -0.3 is 19.4 Å². The first-order chi connectivity index (χ1) is 14.7. The summed E-state index contributed by atoms with van der Waals surface area (Å²) in [6.45, 7) is 3.19. The summed E-state index contributed by atoms with van der Waals surface area (Å²) in [4.78, 5) is 25.1. The predicted molar refractivity (Wildman–Crippen MR) is 122 cm³/mol. The molecular weight excluding hydrogens is 539 g/mol. The Labute approximate surface area is 191 Å². The number of ether oxygens (including phenoxy) is 2. The highest BCUT2D eigenvalue weighted by molar-refractivity contribution is 14.1. The third-order valence-corrected chi connectivity index (χ3v) is 6.61. The fourth-order valence-electron chi connectivity index (χ4n) is 3.10. The number of nitrogens with zero attached hydrogens (tertiary/aromatic N) is 4. The maximum atomic E-state index is 15.0. The molecule has 1 amide bonds. The van der Waals surface area contributed by atoms with Gasteiger partial charge in [0.2, 0.25) is 0 Å². The van der Waals surface area contributed by atoms with Crippen LogP contribution < -0.4 is 5.32 Å². The number of aromatic nitrogens is 4. The molecule has 1 aliphatic heterocycles. The highest BCUT2D eigenvalue weighted by atomic mass is 127. The molecule has 1 saturated heterocycles. The van der Waals surface area contributed by atoms with Crippen LogP contribution in [0.3, 0.4) is 0 Å². The van der Waals surface area contributed by atoms with Gasteiger partial charge in [0.05, 0.1) is 10.3 Å². The third kappa shape index (κ3) is 4.79. The SMILES string of the molecule is CP(C)(=O)COC1O[C@@H](n2cnc3c(NC(=O)c4ccccc4)ncnc32)[C@@H](F)[C@@H]1I. The zero-order valence-corrected chi connectivity index (χ0v) is 19.7. The van der Waals surface area contributed by atoms with E-state index in [9.17, 15) is 9.36 Å². The van der Waals surface area contributed by atoms with E-state index < -0.39 is 29.8 Å². The average Bonchev–Trinajstić information content (AvgIpc) is 3.29. The summed E-state index contributed by atoms with van der Waals surface area (Å²) >= 11 is 1.93. The number of carbonyl (C=O) groups is 1. The molecule has 1 N–H and O–H groups in total. The van der Waals surface area contributed by atoms with Crippen molar-refractivity contribution in [1.29, 1.82) is 0 Å². The molecule has 12 heteroatoms. The molecule has 31 heavy (non-hydrogen) atoms. The van der Waals surface area contributed by atoms with Gasteiger partial charge in [0.15, 0.2) is 35.7 Å². The quantitative estimate of drug-likeness (QED) is 0.279. The number of carbonyl (C=O) groups excluding carboxylic acids is 1. The zero-order chi connectivity index (χ0) is 22.2. The number of imidazole rings is 1. The van der Waals surface area contributed by atoms with Crippen LogP contribution in [-0.2, 0) is 14.0 Å².